The standard InChI is InChI=1S/C13H27O8P.C2H6/c1-7-13(6,21-11(4)5)8-18-22(15,16)19-9-17-12(14)20-10(2)3;1-2/h10-11H,7-9H2,1-6H3,(H,15,16);1-2H3/t13-;/m0./s1. The van der Waals surface area contributed by atoms with Gasteiger partial charge in [0.15, 0.2) is 0 Å². The molecule has 0 aliphatic carbocycles. The van der Waals surface area contributed by atoms with Crippen molar-refractivity contribution in [1.29, 1.82) is 0 Å². The maximum atomic E-state index is 11.7. The number of phosphoric ester groups is 1. The highest BCUT2D eigenvalue weighted by molar-refractivity contribution is 7.47. The van der Waals surface area contributed by atoms with Crippen LogP contribution >= 0.6 is 7.82 Å². The lowest BCUT2D eigenvalue weighted by atomic mass is 10.1. The van der Waals surface area contributed by atoms with Gasteiger partial charge in [-0.15, -0.1) is 0 Å². The number of rotatable bonds is 10. The van der Waals surface area contributed by atoms with Crippen LogP contribution in [0.15, 0.2) is 0 Å². The van der Waals surface area contributed by atoms with Crippen LogP contribution < -0.4 is 0 Å². The summed E-state index contributed by atoms with van der Waals surface area (Å²) in [4.78, 5) is 20.6. The molecular weight excluding hydrogens is 339 g/mol. The molecule has 8 nitrogen and oxygen atoms in total. The first-order valence-electron chi connectivity index (χ1n) is 8.13. The molecule has 0 fully saturated rings. The topological polar surface area (TPSA) is 101 Å². The van der Waals surface area contributed by atoms with Crippen molar-refractivity contribution in [2.24, 2.45) is 0 Å². The predicted molar refractivity (Wildman–Crippen MR) is 90.7 cm³/mol. The van der Waals surface area contributed by atoms with Crippen LogP contribution in [0, 0.1) is 0 Å². The SMILES string of the molecule is CC.CC[C@@](C)(COP(=O)(O)OCOC(=O)OC(C)C)OC(C)C. The molecule has 146 valence electrons. The van der Waals surface area contributed by atoms with Crippen molar-refractivity contribution < 1.29 is 37.5 Å². The van der Waals surface area contributed by atoms with Gasteiger partial charge < -0.3 is 19.1 Å². The average Bonchev–Trinajstić information content (AvgIpc) is 2.46. The lowest BCUT2D eigenvalue weighted by molar-refractivity contribution is -0.100. The Morgan fingerprint density at radius 3 is 2.08 bits per heavy atom. The largest absolute Gasteiger partial charge is 0.510 e. The number of carbonyl (C=O) groups is 1. The van der Waals surface area contributed by atoms with Crippen molar-refractivity contribution in [1.82, 2.24) is 0 Å². The van der Waals surface area contributed by atoms with Gasteiger partial charge in [0.05, 0.1) is 24.4 Å². The van der Waals surface area contributed by atoms with E-state index in [1.807, 2.05) is 34.6 Å². The average molecular weight is 372 g/mol. The van der Waals surface area contributed by atoms with Gasteiger partial charge in [-0.25, -0.2) is 13.9 Å². The molecule has 0 aromatic rings. The summed E-state index contributed by atoms with van der Waals surface area (Å²) in [5.41, 5.74) is -0.715. The Hall–Kier alpha value is -0.660. The summed E-state index contributed by atoms with van der Waals surface area (Å²) in [6.07, 6.45) is -0.816. The van der Waals surface area contributed by atoms with Crippen molar-refractivity contribution in [2.75, 3.05) is 13.4 Å². The van der Waals surface area contributed by atoms with Gasteiger partial charge >= 0.3 is 14.0 Å². The molecule has 1 N–H and O–H groups in total. The van der Waals surface area contributed by atoms with Crippen LogP contribution in [-0.4, -0.2) is 42.3 Å². The van der Waals surface area contributed by atoms with Gasteiger partial charge in [0, 0.05) is 0 Å². The van der Waals surface area contributed by atoms with Crippen LogP contribution in [0.4, 0.5) is 4.79 Å². The van der Waals surface area contributed by atoms with Crippen molar-refractivity contribution in [3.8, 4) is 0 Å². The molecular formula is C15H33O8P. The highest BCUT2D eigenvalue weighted by Crippen LogP contribution is 2.44. The van der Waals surface area contributed by atoms with Gasteiger partial charge in [-0.2, -0.15) is 0 Å². The summed E-state index contributed by atoms with van der Waals surface area (Å²) >= 11 is 0. The Labute approximate surface area is 145 Å². The van der Waals surface area contributed by atoms with Crippen molar-refractivity contribution in [2.45, 2.75) is 79.6 Å². The van der Waals surface area contributed by atoms with E-state index in [9.17, 15) is 14.3 Å². The fraction of sp³-hybridized carbons (Fsp3) is 0.933. The third kappa shape index (κ3) is 13.7. The molecule has 0 saturated carbocycles. The van der Waals surface area contributed by atoms with E-state index in [0.717, 1.165) is 0 Å². The first kappa shape index (κ1) is 25.6. The van der Waals surface area contributed by atoms with Gasteiger partial charge in [-0.1, -0.05) is 20.8 Å². The van der Waals surface area contributed by atoms with Crippen molar-refractivity contribution >= 4 is 14.0 Å². The molecule has 1 unspecified atom stereocenters. The van der Waals surface area contributed by atoms with Gasteiger partial charge in [0.1, 0.15) is 0 Å². The zero-order valence-corrected chi connectivity index (χ0v) is 16.9. The summed E-state index contributed by atoms with van der Waals surface area (Å²) in [6.45, 7) is 13.8. The van der Waals surface area contributed by atoms with E-state index in [-0.39, 0.29) is 18.8 Å². The zero-order chi connectivity index (χ0) is 19.4. The molecule has 2 atom stereocenters. The van der Waals surface area contributed by atoms with Crippen molar-refractivity contribution in [3.63, 3.8) is 0 Å². The third-order valence-corrected chi connectivity index (χ3v) is 3.41. The summed E-state index contributed by atoms with van der Waals surface area (Å²) < 4.78 is 35.9. The van der Waals surface area contributed by atoms with Gasteiger partial charge in [-0.3, -0.25) is 4.52 Å². The van der Waals surface area contributed by atoms with Crippen LogP contribution in [0.5, 0.6) is 0 Å². The first-order chi connectivity index (χ1) is 11.0. The minimum Gasteiger partial charge on any atom is -0.432 e. The molecule has 0 saturated heterocycles. The van der Waals surface area contributed by atoms with Crippen LogP contribution in [0.25, 0.3) is 0 Å². The van der Waals surface area contributed by atoms with Crippen LogP contribution in [0.1, 0.15) is 61.8 Å². The Kier molecular flexibility index (Phi) is 13.5. The Morgan fingerprint density at radius 1 is 1.12 bits per heavy atom. The smallest absolute Gasteiger partial charge is 0.432 e. The molecule has 0 aliphatic heterocycles. The molecule has 24 heavy (non-hydrogen) atoms. The van der Waals surface area contributed by atoms with E-state index in [1.165, 1.54) is 0 Å². The molecule has 0 heterocycles. The lowest BCUT2D eigenvalue weighted by Gasteiger charge is -2.31. The molecule has 9 heteroatoms. The van der Waals surface area contributed by atoms with Crippen LogP contribution in [0.2, 0.25) is 0 Å². The van der Waals surface area contributed by atoms with E-state index >= 15 is 0 Å². The molecule has 0 aliphatic rings. The monoisotopic (exact) mass is 372 g/mol. The fourth-order valence-corrected chi connectivity index (χ4v) is 2.11. The van der Waals surface area contributed by atoms with Gasteiger partial charge in [0.2, 0.25) is 6.79 Å². The fourth-order valence-electron chi connectivity index (χ4n) is 1.41. The minimum atomic E-state index is -4.35. The summed E-state index contributed by atoms with van der Waals surface area (Å²) in [5.74, 6) is 0. The maximum Gasteiger partial charge on any atom is 0.510 e. The first-order valence-corrected chi connectivity index (χ1v) is 9.62. The number of hydrogen-bond donors (Lipinski definition) is 1. The van der Waals surface area contributed by atoms with E-state index in [2.05, 4.69) is 14.0 Å². The van der Waals surface area contributed by atoms with E-state index in [4.69, 9.17) is 9.26 Å². The van der Waals surface area contributed by atoms with Crippen LogP contribution in [0.3, 0.4) is 0 Å². The Bertz CT molecular complexity index is 386. The normalized spacial score (nSPS) is 16.0. The van der Waals surface area contributed by atoms with Gasteiger partial charge in [0.25, 0.3) is 0 Å². The Balaban J connectivity index is 0. The van der Waals surface area contributed by atoms with Crippen molar-refractivity contribution in [3.05, 3.63) is 0 Å². The maximum absolute atomic E-state index is 11.7. The zero-order valence-electron chi connectivity index (χ0n) is 16.0. The molecule has 0 spiro atoms. The second-order valence-corrected chi connectivity index (χ2v) is 6.97. The van der Waals surface area contributed by atoms with Crippen LogP contribution in [-0.2, 0) is 27.8 Å². The lowest BCUT2D eigenvalue weighted by Crippen LogP contribution is -2.36. The highest BCUT2D eigenvalue weighted by Gasteiger charge is 2.31. The van der Waals surface area contributed by atoms with Gasteiger partial charge in [-0.05, 0) is 41.0 Å². The molecule has 0 radical (unpaired) electrons. The number of hydrogen-bond acceptors (Lipinski definition) is 7. The molecule has 0 amide bonds. The molecule has 0 aromatic carbocycles. The molecule has 0 aromatic heterocycles. The second-order valence-electron chi connectivity index (χ2n) is 5.52. The number of ether oxygens (including phenoxy) is 3. The summed E-state index contributed by atoms with van der Waals surface area (Å²) in [7, 11) is -4.35. The predicted octanol–water partition coefficient (Wildman–Crippen LogP) is 4.26. The summed E-state index contributed by atoms with van der Waals surface area (Å²) in [6, 6.07) is 0. The van der Waals surface area contributed by atoms with E-state index < -0.39 is 26.4 Å². The third-order valence-electron chi connectivity index (χ3n) is 2.53. The highest BCUT2D eigenvalue weighted by atomic mass is 31.2. The quantitative estimate of drug-likeness (QED) is 0.345. The second kappa shape index (κ2) is 12.7. The molecule has 0 rings (SSSR count). The Morgan fingerprint density at radius 2 is 1.67 bits per heavy atom. The minimum absolute atomic E-state index is 0.0540. The van der Waals surface area contributed by atoms with E-state index in [0.29, 0.717) is 6.42 Å². The number of carbonyl (C=O) groups excluding carboxylic acids is 1. The van der Waals surface area contributed by atoms with E-state index in [1.54, 1.807) is 20.8 Å². The number of phosphoric acid groups is 1. The summed E-state index contributed by atoms with van der Waals surface area (Å²) in [5, 5.41) is 0. The molecule has 0 bridgehead atoms.